The monoisotopic (exact) mass is 307 g/mol. The van der Waals surface area contributed by atoms with E-state index >= 15 is 0 Å². The van der Waals surface area contributed by atoms with Gasteiger partial charge in [0.25, 0.3) is 0 Å². The van der Waals surface area contributed by atoms with Crippen molar-refractivity contribution >= 4 is 39.9 Å². The average Bonchev–Trinajstić information content (AvgIpc) is 2.86. The SMILES string of the molecule is O=C(c1cc(Cl)ccc1Cl)c1c[nH]c2cccc(F)c12. The molecule has 0 aliphatic carbocycles. The van der Waals surface area contributed by atoms with E-state index < -0.39 is 5.82 Å². The van der Waals surface area contributed by atoms with Crippen LogP contribution in [0.3, 0.4) is 0 Å². The molecule has 3 rings (SSSR count). The second-order valence-electron chi connectivity index (χ2n) is 4.32. The number of benzene rings is 2. The van der Waals surface area contributed by atoms with Gasteiger partial charge in [-0.3, -0.25) is 4.79 Å². The van der Waals surface area contributed by atoms with Gasteiger partial charge in [0.2, 0.25) is 0 Å². The lowest BCUT2D eigenvalue weighted by Gasteiger charge is -2.04. The van der Waals surface area contributed by atoms with E-state index in [4.69, 9.17) is 23.2 Å². The van der Waals surface area contributed by atoms with Gasteiger partial charge in [-0.2, -0.15) is 0 Å². The second-order valence-corrected chi connectivity index (χ2v) is 5.16. The van der Waals surface area contributed by atoms with Crippen molar-refractivity contribution < 1.29 is 9.18 Å². The number of aromatic nitrogens is 1. The summed E-state index contributed by atoms with van der Waals surface area (Å²) in [6, 6.07) is 9.21. The minimum Gasteiger partial charge on any atom is -0.360 e. The lowest BCUT2D eigenvalue weighted by Crippen LogP contribution is -2.02. The Bertz CT molecular complexity index is 826. The number of ketones is 1. The van der Waals surface area contributed by atoms with E-state index in [1.807, 2.05) is 0 Å². The number of hydrogen-bond acceptors (Lipinski definition) is 1. The molecule has 5 heteroatoms. The lowest BCUT2D eigenvalue weighted by molar-refractivity contribution is 0.104. The van der Waals surface area contributed by atoms with E-state index in [0.29, 0.717) is 10.5 Å². The van der Waals surface area contributed by atoms with Crippen LogP contribution in [0.2, 0.25) is 10.0 Å². The highest BCUT2D eigenvalue weighted by atomic mass is 35.5. The fourth-order valence-electron chi connectivity index (χ4n) is 2.14. The molecule has 2 nitrogen and oxygen atoms in total. The number of rotatable bonds is 2. The smallest absolute Gasteiger partial charge is 0.196 e. The third-order valence-electron chi connectivity index (χ3n) is 3.07. The zero-order valence-electron chi connectivity index (χ0n) is 10.1. The summed E-state index contributed by atoms with van der Waals surface area (Å²) in [6.45, 7) is 0. The van der Waals surface area contributed by atoms with E-state index in [-0.39, 0.29) is 27.3 Å². The van der Waals surface area contributed by atoms with Gasteiger partial charge in [0, 0.05) is 27.7 Å². The third kappa shape index (κ3) is 2.09. The van der Waals surface area contributed by atoms with Crippen LogP contribution in [0, 0.1) is 5.82 Å². The molecular weight excluding hydrogens is 300 g/mol. The summed E-state index contributed by atoms with van der Waals surface area (Å²) in [5.41, 5.74) is 1.05. The zero-order valence-corrected chi connectivity index (χ0v) is 11.6. The van der Waals surface area contributed by atoms with Gasteiger partial charge in [-0.05, 0) is 30.3 Å². The Kier molecular flexibility index (Phi) is 3.24. The molecule has 1 aromatic heterocycles. The summed E-state index contributed by atoms with van der Waals surface area (Å²) in [5.74, 6) is -0.820. The van der Waals surface area contributed by atoms with Crippen LogP contribution in [0.5, 0.6) is 0 Å². The Hall–Kier alpha value is -1.84. The molecule has 0 amide bonds. The quantitative estimate of drug-likeness (QED) is 0.675. The Balaban J connectivity index is 2.21. The summed E-state index contributed by atoms with van der Waals surface area (Å²) in [4.78, 5) is 15.4. The second kappa shape index (κ2) is 4.93. The number of carbonyl (C=O) groups excluding carboxylic acids is 1. The van der Waals surface area contributed by atoms with Crippen molar-refractivity contribution in [2.24, 2.45) is 0 Å². The number of hydrogen-bond donors (Lipinski definition) is 1. The molecule has 0 aliphatic rings. The largest absolute Gasteiger partial charge is 0.360 e. The number of aromatic amines is 1. The molecule has 20 heavy (non-hydrogen) atoms. The van der Waals surface area contributed by atoms with Crippen LogP contribution in [-0.4, -0.2) is 10.8 Å². The first-order chi connectivity index (χ1) is 9.58. The highest BCUT2D eigenvalue weighted by Crippen LogP contribution is 2.28. The van der Waals surface area contributed by atoms with Gasteiger partial charge in [0.05, 0.1) is 10.6 Å². The van der Waals surface area contributed by atoms with Crippen LogP contribution in [-0.2, 0) is 0 Å². The molecule has 0 atom stereocenters. The molecule has 0 saturated heterocycles. The van der Waals surface area contributed by atoms with Gasteiger partial charge >= 0.3 is 0 Å². The van der Waals surface area contributed by atoms with Crippen LogP contribution in [0.15, 0.2) is 42.6 Å². The number of halogens is 3. The summed E-state index contributed by atoms with van der Waals surface area (Å²) in [7, 11) is 0. The first kappa shape index (κ1) is 13.2. The predicted octanol–water partition coefficient (Wildman–Crippen LogP) is 4.84. The van der Waals surface area contributed by atoms with Crippen LogP contribution in [0.4, 0.5) is 4.39 Å². The molecule has 0 saturated carbocycles. The summed E-state index contributed by atoms with van der Waals surface area (Å²) >= 11 is 11.9. The Morgan fingerprint density at radius 2 is 1.90 bits per heavy atom. The van der Waals surface area contributed by atoms with Crippen molar-refractivity contribution in [1.82, 2.24) is 4.98 Å². The normalized spacial score (nSPS) is 10.9. The number of H-pyrrole nitrogens is 1. The molecular formula is C15H8Cl2FNO. The molecule has 0 unspecified atom stereocenters. The van der Waals surface area contributed by atoms with Gasteiger partial charge < -0.3 is 4.98 Å². The first-order valence-corrected chi connectivity index (χ1v) is 6.59. The number of nitrogens with one attached hydrogen (secondary N) is 1. The van der Waals surface area contributed by atoms with Crippen molar-refractivity contribution in [1.29, 1.82) is 0 Å². The third-order valence-corrected chi connectivity index (χ3v) is 3.64. The van der Waals surface area contributed by atoms with Crippen molar-refractivity contribution in [3.63, 3.8) is 0 Å². The fourth-order valence-corrected chi connectivity index (χ4v) is 2.51. The lowest BCUT2D eigenvalue weighted by atomic mass is 10.0. The Labute approximate surface area is 124 Å². The van der Waals surface area contributed by atoms with Gasteiger partial charge in [-0.1, -0.05) is 29.3 Å². The maximum Gasteiger partial charge on any atom is 0.196 e. The molecule has 0 radical (unpaired) electrons. The van der Waals surface area contributed by atoms with Gasteiger partial charge in [0.15, 0.2) is 5.78 Å². The van der Waals surface area contributed by atoms with E-state index in [1.54, 1.807) is 24.3 Å². The topological polar surface area (TPSA) is 32.9 Å². The average molecular weight is 308 g/mol. The Morgan fingerprint density at radius 3 is 2.70 bits per heavy atom. The zero-order chi connectivity index (χ0) is 14.3. The number of carbonyl (C=O) groups is 1. The van der Waals surface area contributed by atoms with Gasteiger partial charge in [-0.15, -0.1) is 0 Å². The maximum absolute atomic E-state index is 13.9. The van der Waals surface area contributed by atoms with Crippen LogP contribution >= 0.6 is 23.2 Å². The van der Waals surface area contributed by atoms with E-state index in [0.717, 1.165) is 0 Å². The summed E-state index contributed by atoms with van der Waals surface area (Å²) < 4.78 is 13.9. The minimum absolute atomic E-state index is 0.238. The first-order valence-electron chi connectivity index (χ1n) is 5.83. The molecule has 0 bridgehead atoms. The molecule has 2 aromatic carbocycles. The fraction of sp³-hybridized carbons (Fsp3) is 0. The van der Waals surface area contributed by atoms with Crippen LogP contribution < -0.4 is 0 Å². The van der Waals surface area contributed by atoms with Crippen molar-refractivity contribution in [2.45, 2.75) is 0 Å². The van der Waals surface area contributed by atoms with Gasteiger partial charge in [-0.25, -0.2) is 4.39 Å². The van der Waals surface area contributed by atoms with E-state index in [1.165, 1.54) is 18.3 Å². The summed E-state index contributed by atoms with van der Waals surface area (Å²) in [6.07, 6.45) is 1.48. The molecule has 1 heterocycles. The maximum atomic E-state index is 13.9. The van der Waals surface area contributed by atoms with Crippen LogP contribution in [0.1, 0.15) is 15.9 Å². The van der Waals surface area contributed by atoms with Crippen molar-refractivity contribution in [3.8, 4) is 0 Å². The van der Waals surface area contributed by atoms with Crippen LogP contribution in [0.25, 0.3) is 10.9 Å². The molecule has 1 N–H and O–H groups in total. The van der Waals surface area contributed by atoms with Crippen molar-refractivity contribution in [2.75, 3.05) is 0 Å². The molecule has 0 aliphatic heterocycles. The Morgan fingerprint density at radius 1 is 1.10 bits per heavy atom. The molecule has 0 fully saturated rings. The summed E-state index contributed by atoms with van der Waals surface area (Å²) in [5, 5.41) is 0.941. The predicted molar refractivity (Wildman–Crippen MR) is 78.2 cm³/mol. The van der Waals surface area contributed by atoms with Gasteiger partial charge in [0.1, 0.15) is 5.82 Å². The van der Waals surface area contributed by atoms with Crippen molar-refractivity contribution in [3.05, 3.63) is 69.6 Å². The molecule has 100 valence electrons. The molecule has 3 aromatic rings. The molecule has 0 spiro atoms. The van der Waals surface area contributed by atoms with E-state index in [2.05, 4.69) is 4.98 Å². The van der Waals surface area contributed by atoms with E-state index in [9.17, 15) is 9.18 Å². The highest BCUT2D eigenvalue weighted by Gasteiger charge is 2.19. The minimum atomic E-state index is -0.453. The standard InChI is InChI=1S/C15H8Cl2FNO/c16-8-4-5-11(17)9(6-8)15(20)10-7-19-13-3-1-2-12(18)14(10)13/h1-7,19H. The highest BCUT2D eigenvalue weighted by molar-refractivity contribution is 6.37. The number of fused-ring (bicyclic) bond motifs is 1.